The number of nitrogens with zero attached hydrogens (tertiary/aromatic N) is 1. The number of imide groups is 1. The van der Waals surface area contributed by atoms with Crippen molar-refractivity contribution in [1.29, 1.82) is 0 Å². The van der Waals surface area contributed by atoms with Crippen LogP contribution in [0.5, 0.6) is 0 Å². The molecule has 0 bridgehead atoms. The van der Waals surface area contributed by atoms with Crippen LogP contribution < -0.4 is 11.2 Å². The van der Waals surface area contributed by atoms with Gasteiger partial charge >= 0.3 is 23.7 Å². The highest BCUT2D eigenvalue weighted by molar-refractivity contribution is 6.38. The molecule has 1 heterocycles. The number of nitrogens with one attached hydrogen (secondary N) is 1. The van der Waals surface area contributed by atoms with Gasteiger partial charge in [-0.2, -0.15) is 0 Å². The summed E-state index contributed by atoms with van der Waals surface area (Å²) in [5.74, 6) is 0.0881. The number of amides is 3. The van der Waals surface area contributed by atoms with Crippen molar-refractivity contribution >= 4 is 35.3 Å². The van der Waals surface area contributed by atoms with E-state index in [4.69, 9.17) is 27.0 Å². The molecule has 3 amide bonds. The molecule has 1 aromatic heterocycles. The molecule has 0 aliphatic rings. The summed E-state index contributed by atoms with van der Waals surface area (Å²) in [5, 5.41) is 21.9. The maximum Gasteiger partial charge on any atom is 0.333 e. The fourth-order valence-corrected chi connectivity index (χ4v) is 3.51. The van der Waals surface area contributed by atoms with E-state index in [0.717, 1.165) is 11.1 Å². The Bertz CT molecular complexity index is 1210. The van der Waals surface area contributed by atoms with Gasteiger partial charge in [-0.05, 0) is 47.4 Å². The second kappa shape index (κ2) is 11.4. The molecule has 0 radical (unpaired) electrons. The average Bonchev–Trinajstić information content (AvgIpc) is 3.38. The van der Waals surface area contributed by atoms with Crippen LogP contribution in [0.25, 0.3) is 11.1 Å². The van der Waals surface area contributed by atoms with Crippen molar-refractivity contribution < 1.29 is 33.8 Å². The second-order valence-electron chi connectivity index (χ2n) is 7.63. The molecule has 0 saturated carbocycles. The number of nitrogens with two attached hydrogens (primary N) is 1. The molecule has 3 aromatic rings. The zero-order chi connectivity index (χ0) is 25.5. The van der Waals surface area contributed by atoms with E-state index in [1.165, 1.54) is 18.4 Å². The molecule has 0 aliphatic carbocycles. The fraction of sp³-hybridized carbons (Fsp3) is 0.167. The van der Waals surface area contributed by atoms with Crippen molar-refractivity contribution in [2.75, 3.05) is 0 Å². The molecule has 3 rings (SSSR count). The largest absolute Gasteiger partial charge is 0.479 e. The molecule has 35 heavy (non-hydrogen) atoms. The van der Waals surface area contributed by atoms with E-state index in [2.05, 4.69) is 5.32 Å². The number of carboxylic acids is 1. The van der Waals surface area contributed by atoms with Crippen LogP contribution in [0.15, 0.2) is 71.3 Å². The van der Waals surface area contributed by atoms with Crippen molar-refractivity contribution in [2.24, 2.45) is 5.84 Å². The number of rotatable bonds is 8. The zero-order valence-electron chi connectivity index (χ0n) is 18.3. The molecule has 10 nitrogen and oxygen atoms in total. The average molecular weight is 500 g/mol. The summed E-state index contributed by atoms with van der Waals surface area (Å²) in [5.41, 5.74) is 2.47. The number of aliphatic hydroxyl groups is 1. The number of hydrogen-bond acceptors (Lipinski definition) is 7. The molecule has 2 aromatic carbocycles. The van der Waals surface area contributed by atoms with Crippen molar-refractivity contribution in [1.82, 2.24) is 10.3 Å². The Morgan fingerprint density at radius 2 is 1.74 bits per heavy atom. The molecule has 0 unspecified atom stereocenters. The maximum absolute atomic E-state index is 12.5. The van der Waals surface area contributed by atoms with Gasteiger partial charge in [0.1, 0.15) is 0 Å². The highest BCUT2D eigenvalue weighted by atomic mass is 35.5. The number of carboxylic acid groups (broad SMARTS) is 1. The number of aliphatic carboxylic acids is 1. The molecular formula is C24H22ClN3O7. The van der Waals surface area contributed by atoms with E-state index in [0.29, 0.717) is 10.6 Å². The van der Waals surface area contributed by atoms with E-state index >= 15 is 0 Å². The van der Waals surface area contributed by atoms with Gasteiger partial charge in [0.25, 0.3) is 0 Å². The Balaban J connectivity index is 1.72. The first-order valence-corrected chi connectivity index (χ1v) is 10.8. The number of benzene rings is 2. The van der Waals surface area contributed by atoms with Gasteiger partial charge in [0.05, 0.1) is 6.26 Å². The van der Waals surface area contributed by atoms with Crippen LogP contribution in [0.4, 0.5) is 0 Å². The van der Waals surface area contributed by atoms with Gasteiger partial charge in [-0.1, -0.05) is 48.0 Å². The number of hydrazine groups is 1. The minimum absolute atomic E-state index is 0.0931. The molecular weight excluding hydrogens is 478 g/mol. The third-order valence-electron chi connectivity index (χ3n) is 5.09. The van der Waals surface area contributed by atoms with Gasteiger partial charge in [-0.15, -0.1) is 0 Å². The second-order valence-corrected chi connectivity index (χ2v) is 8.07. The maximum atomic E-state index is 12.5. The first-order chi connectivity index (χ1) is 16.7. The predicted octanol–water partition coefficient (Wildman–Crippen LogP) is 2.01. The smallest absolute Gasteiger partial charge is 0.333 e. The molecule has 0 spiro atoms. The summed E-state index contributed by atoms with van der Waals surface area (Å²) in [4.78, 5) is 48.1. The van der Waals surface area contributed by atoms with Gasteiger partial charge < -0.3 is 19.9 Å². The number of hydrogen-bond donors (Lipinski definition) is 4. The lowest BCUT2D eigenvalue weighted by Gasteiger charge is -2.21. The van der Waals surface area contributed by atoms with E-state index < -0.39 is 35.8 Å². The molecule has 182 valence electrons. The van der Waals surface area contributed by atoms with Crippen molar-refractivity contribution in [3.8, 4) is 11.1 Å². The van der Waals surface area contributed by atoms with Crippen molar-refractivity contribution in [3.63, 3.8) is 0 Å². The van der Waals surface area contributed by atoms with Crippen molar-refractivity contribution in [3.05, 3.63) is 83.3 Å². The van der Waals surface area contributed by atoms with Gasteiger partial charge in [0.2, 0.25) is 0 Å². The Morgan fingerprint density at radius 3 is 2.34 bits per heavy atom. The summed E-state index contributed by atoms with van der Waals surface area (Å²) in [6, 6.07) is 16.2. The predicted molar refractivity (Wildman–Crippen MR) is 125 cm³/mol. The van der Waals surface area contributed by atoms with Crippen molar-refractivity contribution in [2.45, 2.75) is 25.0 Å². The summed E-state index contributed by atoms with van der Waals surface area (Å²) < 4.78 is 4.87. The lowest BCUT2D eigenvalue weighted by atomic mass is 9.98. The van der Waals surface area contributed by atoms with E-state index in [1.54, 1.807) is 24.3 Å². The Kier molecular flexibility index (Phi) is 8.37. The standard InChI is InChI=1S/C24H22ClN3O7/c25-17-4-1-3-16(12-17)15-8-6-14(7-9-15)11-18(13-19(29)24(33)34)27-21(30)23(32)28(26)22(31)20-5-2-10-35-20/h1-10,12,18-19,29H,11,13,26H2,(H,27,30)(H,33,34)/t18-,19-/m1/s1. The number of furan rings is 1. The number of carbonyl (C=O) groups excluding carboxylic acids is 3. The zero-order valence-corrected chi connectivity index (χ0v) is 19.0. The Morgan fingerprint density at radius 1 is 1.03 bits per heavy atom. The van der Waals surface area contributed by atoms with Crippen LogP contribution in [-0.2, 0) is 20.8 Å². The third kappa shape index (κ3) is 6.76. The van der Waals surface area contributed by atoms with Crippen LogP contribution in [-0.4, -0.2) is 51.1 Å². The first-order valence-electron chi connectivity index (χ1n) is 10.4. The Hall–Kier alpha value is -3.99. The van der Waals surface area contributed by atoms with Gasteiger partial charge in [-0.3, -0.25) is 14.4 Å². The normalized spacial score (nSPS) is 12.4. The van der Waals surface area contributed by atoms with Crippen LogP contribution in [0.3, 0.4) is 0 Å². The Labute approximate surface area is 204 Å². The number of aliphatic hydroxyl groups excluding tert-OH is 1. The van der Waals surface area contributed by atoms with Gasteiger partial charge in [-0.25, -0.2) is 15.6 Å². The lowest BCUT2D eigenvalue weighted by Crippen LogP contribution is -2.52. The van der Waals surface area contributed by atoms with Crippen LogP contribution >= 0.6 is 11.6 Å². The lowest BCUT2D eigenvalue weighted by molar-refractivity contribution is -0.148. The summed E-state index contributed by atoms with van der Waals surface area (Å²) in [6.07, 6.45) is -0.885. The first kappa shape index (κ1) is 25.6. The minimum atomic E-state index is -1.79. The highest BCUT2D eigenvalue weighted by Crippen LogP contribution is 2.23. The van der Waals surface area contributed by atoms with Gasteiger partial charge in [0, 0.05) is 17.5 Å². The molecule has 11 heteroatoms. The quantitative estimate of drug-likeness (QED) is 0.158. The monoisotopic (exact) mass is 499 g/mol. The summed E-state index contributed by atoms with van der Waals surface area (Å²) in [6.45, 7) is 0. The van der Waals surface area contributed by atoms with Crippen LogP contribution in [0.2, 0.25) is 5.02 Å². The fourth-order valence-electron chi connectivity index (χ4n) is 3.32. The van der Waals surface area contributed by atoms with E-state index in [1.807, 2.05) is 24.3 Å². The minimum Gasteiger partial charge on any atom is -0.479 e. The topological polar surface area (TPSA) is 163 Å². The molecule has 0 aliphatic heterocycles. The molecule has 0 saturated heterocycles. The van der Waals surface area contributed by atoms with Gasteiger partial charge in [0.15, 0.2) is 11.9 Å². The molecule has 5 N–H and O–H groups in total. The number of halogens is 1. The molecule has 0 fully saturated rings. The summed E-state index contributed by atoms with van der Waals surface area (Å²) >= 11 is 6.04. The SMILES string of the molecule is NN(C(=O)C(=O)N[C@H](Cc1ccc(-c2cccc(Cl)c2)cc1)C[C@@H](O)C(=O)O)C(=O)c1ccco1. The third-order valence-corrected chi connectivity index (χ3v) is 5.32. The molecule has 2 atom stereocenters. The van der Waals surface area contributed by atoms with E-state index in [-0.39, 0.29) is 23.6 Å². The van der Waals surface area contributed by atoms with Crippen LogP contribution in [0, 0.1) is 0 Å². The van der Waals surface area contributed by atoms with Crippen LogP contribution in [0.1, 0.15) is 22.5 Å². The highest BCUT2D eigenvalue weighted by Gasteiger charge is 2.30. The number of carbonyl (C=O) groups is 4. The summed E-state index contributed by atoms with van der Waals surface area (Å²) in [7, 11) is 0. The van der Waals surface area contributed by atoms with E-state index in [9.17, 15) is 24.3 Å².